The van der Waals surface area contributed by atoms with Crippen LogP contribution in [0.1, 0.15) is 71.1 Å². The van der Waals surface area contributed by atoms with Crippen molar-refractivity contribution < 1.29 is 14.6 Å². The van der Waals surface area contributed by atoms with Gasteiger partial charge >= 0.3 is 0 Å². The zero-order chi connectivity index (χ0) is 16.2. The summed E-state index contributed by atoms with van der Waals surface area (Å²) in [5.74, 6) is 1.23. The average Bonchev–Trinajstić information content (AvgIpc) is 3.04. The normalized spacial score (nSPS) is 38.7. The maximum Gasteiger partial charge on any atom is 0.248 e. The number of ether oxygens (including phenoxy) is 1. The first-order valence-corrected chi connectivity index (χ1v) is 9.74. The molecule has 0 aromatic carbocycles. The van der Waals surface area contributed by atoms with Gasteiger partial charge < -0.3 is 14.7 Å². The van der Waals surface area contributed by atoms with Crippen molar-refractivity contribution in [3.63, 3.8) is 0 Å². The average molecular weight is 323 g/mol. The first-order chi connectivity index (χ1) is 11.1. The quantitative estimate of drug-likeness (QED) is 0.865. The molecule has 23 heavy (non-hydrogen) atoms. The Hall–Kier alpha value is -0.610. The third-order valence-corrected chi connectivity index (χ3v) is 6.30. The van der Waals surface area contributed by atoms with Crippen LogP contribution in [0.3, 0.4) is 0 Å². The molecule has 3 rings (SSSR count). The van der Waals surface area contributed by atoms with E-state index in [1.54, 1.807) is 0 Å². The summed E-state index contributed by atoms with van der Waals surface area (Å²) in [7, 11) is 0. The molecule has 0 aromatic heterocycles. The molecule has 1 heterocycles. The van der Waals surface area contributed by atoms with E-state index < -0.39 is 0 Å². The number of nitrogens with zero attached hydrogens (tertiary/aromatic N) is 1. The summed E-state index contributed by atoms with van der Waals surface area (Å²) in [6.07, 6.45) is 11.1. The summed E-state index contributed by atoms with van der Waals surface area (Å²) in [4.78, 5) is 14.6. The van der Waals surface area contributed by atoms with Crippen molar-refractivity contribution in [2.24, 2.45) is 11.8 Å². The molecule has 0 bridgehead atoms. The monoisotopic (exact) mass is 323 g/mol. The highest BCUT2D eigenvalue weighted by Gasteiger charge is 2.39. The van der Waals surface area contributed by atoms with Gasteiger partial charge in [0.15, 0.2) is 0 Å². The maximum atomic E-state index is 12.6. The molecule has 4 heteroatoms. The van der Waals surface area contributed by atoms with E-state index in [9.17, 15) is 9.90 Å². The highest BCUT2D eigenvalue weighted by Crippen LogP contribution is 2.35. The van der Waals surface area contributed by atoms with Crippen molar-refractivity contribution in [2.45, 2.75) is 89.4 Å². The molecule has 0 radical (unpaired) electrons. The third-order valence-electron chi connectivity index (χ3n) is 6.30. The number of rotatable bonds is 4. The summed E-state index contributed by atoms with van der Waals surface area (Å²) in [6.45, 7) is 3.38. The van der Waals surface area contributed by atoms with Gasteiger partial charge in [0.1, 0.15) is 6.61 Å². The Bertz CT molecular complexity index is 392. The lowest BCUT2D eigenvalue weighted by atomic mass is 9.80. The van der Waals surface area contributed by atoms with Crippen LogP contribution in [0.2, 0.25) is 0 Å². The van der Waals surface area contributed by atoms with E-state index in [-0.39, 0.29) is 36.7 Å². The van der Waals surface area contributed by atoms with Crippen LogP contribution in [-0.2, 0) is 9.53 Å². The molecule has 1 amide bonds. The molecular formula is C19H33NO3. The number of aliphatic hydroxyl groups is 1. The highest BCUT2D eigenvalue weighted by molar-refractivity contribution is 5.78. The van der Waals surface area contributed by atoms with Crippen LogP contribution in [0.4, 0.5) is 0 Å². The minimum absolute atomic E-state index is 0.142. The molecule has 0 spiro atoms. The first kappa shape index (κ1) is 17.2. The third kappa shape index (κ3) is 4.27. The predicted molar refractivity (Wildman–Crippen MR) is 90.1 cm³/mol. The summed E-state index contributed by atoms with van der Waals surface area (Å²) in [5.41, 5.74) is 0. The molecule has 4 nitrogen and oxygen atoms in total. The van der Waals surface area contributed by atoms with Crippen molar-refractivity contribution >= 4 is 5.91 Å². The molecule has 3 aliphatic rings. The minimum atomic E-state index is -0.220. The first-order valence-electron chi connectivity index (χ1n) is 9.74. The fourth-order valence-corrected chi connectivity index (χ4v) is 4.80. The van der Waals surface area contributed by atoms with Crippen LogP contribution in [-0.4, -0.2) is 47.3 Å². The van der Waals surface area contributed by atoms with Crippen LogP contribution in [0.25, 0.3) is 0 Å². The van der Waals surface area contributed by atoms with Crippen molar-refractivity contribution in [2.75, 3.05) is 13.2 Å². The van der Waals surface area contributed by atoms with Crippen LogP contribution in [0.15, 0.2) is 0 Å². The topological polar surface area (TPSA) is 49.8 Å². The molecule has 0 aromatic rings. The molecule has 3 atom stereocenters. The molecular weight excluding hydrogens is 290 g/mol. The van der Waals surface area contributed by atoms with E-state index in [4.69, 9.17) is 4.74 Å². The Kier molecular flexibility index (Phi) is 5.97. The standard InChI is InChI=1S/C19H33NO3/c1-14-8-10-15(11-9-14)23-13-19(22)20-12-4-6-17(20)16-5-2-3-7-18(16)21/h14-18,21H,2-13H2,1H3/t14?,15?,16-,17+,18-/m0/s1. The summed E-state index contributed by atoms with van der Waals surface area (Å²) in [6, 6.07) is 0.243. The zero-order valence-electron chi connectivity index (χ0n) is 14.6. The van der Waals surface area contributed by atoms with Crippen molar-refractivity contribution in [3.8, 4) is 0 Å². The fourth-order valence-electron chi connectivity index (χ4n) is 4.80. The molecule has 3 fully saturated rings. The van der Waals surface area contributed by atoms with Crippen LogP contribution in [0, 0.1) is 11.8 Å². The number of hydrogen-bond acceptors (Lipinski definition) is 3. The van der Waals surface area contributed by atoms with Gasteiger partial charge in [-0.15, -0.1) is 0 Å². The number of carbonyl (C=O) groups is 1. The molecule has 2 saturated carbocycles. The smallest absolute Gasteiger partial charge is 0.248 e. The molecule has 0 unspecified atom stereocenters. The van der Waals surface area contributed by atoms with Crippen molar-refractivity contribution in [1.29, 1.82) is 0 Å². The maximum absolute atomic E-state index is 12.6. The Morgan fingerprint density at radius 3 is 2.52 bits per heavy atom. The van der Waals surface area contributed by atoms with Crippen LogP contribution >= 0.6 is 0 Å². The number of amides is 1. The second-order valence-corrected chi connectivity index (χ2v) is 8.01. The number of hydrogen-bond donors (Lipinski definition) is 1. The lowest BCUT2D eigenvalue weighted by Crippen LogP contribution is -2.46. The lowest BCUT2D eigenvalue weighted by Gasteiger charge is -2.37. The summed E-state index contributed by atoms with van der Waals surface area (Å²) >= 11 is 0. The zero-order valence-corrected chi connectivity index (χ0v) is 14.6. The van der Waals surface area contributed by atoms with E-state index in [0.717, 1.165) is 57.4 Å². The Labute approximate surface area is 140 Å². The largest absolute Gasteiger partial charge is 0.393 e. The summed E-state index contributed by atoms with van der Waals surface area (Å²) in [5, 5.41) is 10.3. The predicted octanol–water partition coefficient (Wildman–Crippen LogP) is 3.12. The molecule has 1 aliphatic heterocycles. The highest BCUT2D eigenvalue weighted by atomic mass is 16.5. The Morgan fingerprint density at radius 1 is 1.04 bits per heavy atom. The molecule has 132 valence electrons. The van der Waals surface area contributed by atoms with E-state index in [1.807, 2.05) is 4.90 Å². The Morgan fingerprint density at radius 2 is 1.78 bits per heavy atom. The van der Waals surface area contributed by atoms with Gasteiger partial charge in [0.25, 0.3) is 0 Å². The van der Waals surface area contributed by atoms with Gasteiger partial charge in [0, 0.05) is 18.5 Å². The van der Waals surface area contributed by atoms with E-state index in [0.29, 0.717) is 0 Å². The van der Waals surface area contributed by atoms with Gasteiger partial charge in [0.05, 0.1) is 12.2 Å². The van der Waals surface area contributed by atoms with Gasteiger partial charge in [-0.05, 0) is 57.3 Å². The van der Waals surface area contributed by atoms with E-state index in [1.165, 1.54) is 19.3 Å². The Balaban J connectivity index is 1.49. The van der Waals surface area contributed by atoms with Crippen molar-refractivity contribution in [3.05, 3.63) is 0 Å². The fraction of sp³-hybridized carbons (Fsp3) is 0.947. The summed E-state index contributed by atoms with van der Waals surface area (Å²) < 4.78 is 5.91. The van der Waals surface area contributed by atoms with E-state index >= 15 is 0 Å². The molecule has 1 N–H and O–H groups in total. The van der Waals surface area contributed by atoms with Gasteiger partial charge in [-0.1, -0.05) is 19.8 Å². The molecule has 2 aliphatic carbocycles. The van der Waals surface area contributed by atoms with Crippen molar-refractivity contribution in [1.82, 2.24) is 4.90 Å². The van der Waals surface area contributed by atoms with Gasteiger partial charge in [-0.2, -0.15) is 0 Å². The second-order valence-electron chi connectivity index (χ2n) is 8.01. The van der Waals surface area contributed by atoms with Gasteiger partial charge in [0.2, 0.25) is 5.91 Å². The van der Waals surface area contributed by atoms with Gasteiger partial charge in [-0.25, -0.2) is 0 Å². The minimum Gasteiger partial charge on any atom is -0.393 e. The van der Waals surface area contributed by atoms with E-state index in [2.05, 4.69) is 6.92 Å². The SMILES string of the molecule is CC1CCC(OCC(=O)N2CCC[C@@H]2[C@@H]2CCCC[C@@H]2O)CC1. The second kappa shape index (κ2) is 7.98. The molecule has 1 saturated heterocycles. The number of aliphatic hydroxyl groups excluding tert-OH is 1. The number of carbonyl (C=O) groups excluding carboxylic acids is 1. The van der Waals surface area contributed by atoms with Gasteiger partial charge in [-0.3, -0.25) is 4.79 Å². The van der Waals surface area contributed by atoms with Crippen LogP contribution in [0.5, 0.6) is 0 Å². The number of likely N-dealkylation sites (tertiary alicyclic amines) is 1. The lowest BCUT2D eigenvalue weighted by molar-refractivity contribution is -0.142. The van der Waals surface area contributed by atoms with Crippen LogP contribution < -0.4 is 0 Å².